The molecule has 3 rings (SSSR count). The summed E-state index contributed by atoms with van der Waals surface area (Å²) in [5, 5.41) is 3.20. The maximum atomic E-state index is 12.3. The molecule has 130 valence electrons. The van der Waals surface area contributed by atoms with Gasteiger partial charge in [-0.15, -0.1) is 0 Å². The van der Waals surface area contributed by atoms with Crippen LogP contribution >= 0.6 is 11.6 Å². The van der Waals surface area contributed by atoms with Gasteiger partial charge < -0.3 is 15.0 Å². The van der Waals surface area contributed by atoms with Gasteiger partial charge in [0.1, 0.15) is 0 Å². The van der Waals surface area contributed by atoms with Crippen LogP contribution in [0.5, 0.6) is 0 Å². The molecule has 1 amide bonds. The molecular weight excluding hydrogens is 340 g/mol. The molecular formula is C19H19ClN2O3. The molecule has 2 aromatic carbocycles. The summed E-state index contributed by atoms with van der Waals surface area (Å²) in [7, 11) is 0. The number of Topliss-reactive ketones (excluding diaryl/α,β-unsaturated/α-hetero) is 1. The van der Waals surface area contributed by atoms with E-state index in [1.165, 1.54) is 0 Å². The van der Waals surface area contributed by atoms with Crippen LogP contribution in [0.3, 0.4) is 0 Å². The summed E-state index contributed by atoms with van der Waals surface area (Å²) in [6.45, 7) is 3.10. The summed E-state index contributed by atoms with van der Waals surface area (Å²) >= 11 is 5.80. The number of nitrogens with one attached hydrogen (secondary N) is 1. The highest BCUT2D eigenvalue weighted by atomic mass is 35.5. The Kier molecular flexibility index (Phi) is 5.68. The minimum Gasteiger partial charge on any atom is -0.378 e. The maximum Gasteiger partial charge on any atom is 0.251 e. The van der Waals surface area contributed by atoms with E-state index in [4.69, 9.17) is 16.3 Å². The molecule has 0 saturated carbocycles. The van der Waals surface area contributed by atoms with Gasteiger partial charge in [-0.05, 0) is 48.5 Å². The molecule has 0 atom stereocenters. The molecule has 1 N–H and O–H groups in total. The molecule has 0 bridgehead atoms. The Labute approximate surface area is 151 Å². The Morgan fingerprint density at radius 1 is 0.960 bits per heavy atom. The Balaban J connectivity index is 1.55. The van der Waals surface area contributed by atoms with Crippen LogP contribution in [-0.4, -0.2) is 44.5 Å². The number of morpholine rings is 1. The Hall–Kier alpha value is -2.37. The van der Waals surface area contributed by atoms with Gasteiger partial charge in [0.25, 0.3) is 5.91 Å². The second kappa shape index (κ2) is 8.14. The second-order valence-electron chi connectivity index (χ2n) is 5.76. The molecule has 1 fully saturated rings. The number of anilines is 1. The summed E-state index contributed by atoms with van der Waals surface area (Å²) in [4.78, 5) is 26.5. The zero-order valence-corrected chi connectivity index (χ0v) is 14.5. The summed E-state index contributed by atoms with van der Waals surface area (Å²) in [6.07, 6.45) is 0. The molecule has 1 aliphatic rings. The monoisotopic (exact) mass is 358 g/mol. The van der Waals surface area contributed by atoms with E-state index >= 15 is 0 Å². The summed E-state index contributed by atoms with van der Waals surface area (Å²) in [6, 6.07) is 14.0. The van der Waals surface area contributed by atoms with Gasteiger partial charge >= 0.3 is 0 Å². The van der Waals surface area contributed by atoms with Crippen molar-refractivity contribution in [1.82, 2.24) is 5.32 Å². The molecule has 5 nitrogen and oxygen atoms in total. The average Bonchev–Trinajstić information content (AvgIpc) is 2.67. The molecule has 1 heterocycles. The molecule has 1 aliphatic heterocycles. The van der Waals surface area contributed by atoms with Crippen molar-refractivity contribution < 1.29 is 14.3 Å². The lowest BCUT2D eigenvalue weighted by Gasteiger charge is -2.28. The topological polar surface area (TPSA) is 58.6 Å². The molecule has 0 unspecified atom stereocenters. The van der Waals surface area contributed by atoms with E-state index < -0.39 is 0 Å². The van der Waals surface area contributed by atoms with Gasteiger partial charge in [0.15, 0.2) is 5.78 Å². The zero-order chi connectivity index (χ0) is 17.6. The van der Waals surface area contributed by atoms with Crippen molar-refractivity contribution in [2.45, 2.75) is 0 Å². The third-order valence-corrected chi connectivity index (χ3v) is 4.33. The van der Waals surface area contributed by atoms with Crippen molar-refractivity contribution in [3.63, 3.8) is 0 Å². The summed E-state index contributed by atoms with van der Waals surface area (Å²) in [5.74, 6) is -0.425. The van der Waals surface area contributed by atoms with E-state index in [9.17, 15) is 9.59 Å². The fourth-order valence-electron chi connectivity index (χ4n) is 2.65. The lowest BCUT2D eigenvalue weighted by atomic mass is 10.1. The third-order valence-electron chi connectivity index (χ3n) is 4.08. The van der Waals surface area contributed by atoms with Crippen LogP contribution in [0.25, 0.3) is 0 Å². The van der Waals surface area contributed by atoms with E-state index in [2.05, 4.69) is 10.2 Å². The number of rotatable bonds is 5. The first-order chi connectivity index (χ1) is 12.1. The first kappa shape index (κ1) is 17.5. The number of ketones is 1. The van der Waals surface area contributed by atoms with Gasteiger partial charge in [-0.1, -0.05) is 11.6 Å². The Morgan fingerprint density at radius 2 is 1.56 bits per heavy atom. The number of hydrogen-bond donors (Lipinski definition) is 1. The maximum absolute atomic E-state index is 12.3. The van der Waals surface area contributed by atoms with Crippen LogP contribution < -0.4 is 10.2 Å². The number of ether oxygens (including phenoxy) is 1. The number of carbonyl (C=O) groups excluding carboxylic acids is 2. The number of nitrogens with zero attached hydrogens (tertiary/aromatic N) is 1. The molecule has 2 aromatic rings. The predicted octanol–water partition coefficient (Wildman–Crippen LogP) is 2.79. The fraction of sp³-hybridized carbons (Fsp3) is 0.263. The lowest BCUT2D eigenvalue weighted by molar-refractivity contribution is 0.0904. The standard InChI is InChI=1S/C19H19ClN2O3/c20-16-5-1-15(2-6-16)19(24)21-13-18(23)14-3-7-17(8-4-14)22-9-11-25-12-10-22/h1-8H,9-13H2,(H,21,24). The smallest absolute Gasteiger partial charge is 0.251 e. The van der Waals surface area contributed by atoms with Gasteiger partial charge in [0.2, 0.25) is 0 Å². The quantitative estimate of drug-likeness (QED) is 0.835. The normalized spacial score (nSPS) is 14.2. The van der Waals surface area contributed by atoms with E-state index in [1.54, 1.807) is 36.4 Å². The van der Waals surface area contributed by atoms with Gasteiger partial charge in [0.05, 0.1) is 19.8 Å². The highest BCUT2D eigenvalue weighted by Gasteiger charge is 2.13. The number of carbonyl (C=O) groups is 2. The van der Waals surface area contributed by atoms with E-state index in [-0.39, 0.29) is 18.2 Å². The highest BCUT2D eigenvalue weighted by Crippen LogP contribution is 2.17. The van der Waals surface area contributed by atoms with Crippen LogP contribution in [0.1, 0.15) is 20.7 Å². The largest absolute Gasteiger partial charge is 0.378 e. The van der Waals surface area contributed by atoms with E-state index in [0.717, 1.165) is 32.0 Å². The fourth-order valence-corrected chi connectivity index (χ4v) is 2.77. The molecule has 6 heteroatoms. The van der Waals surface area contributed by atoms with Crippen LogP contribution in [0, 0.1) is 0 Å². The van der Waals surface area contributed by atoms with Crippen molar-refractivity contribution in [1.29, 1.82) is 0 Å². The van der Waals surface area contributed by atoms with Crippen LogP contribution in [0.4, 0.5) is 5.69 Å². The van der Waals surface area contributed by atoms with Crippen LogP contribution in [-0.2, 0) is 4.74 Å². The minimum atomic E-state index is -0.296. The van der Waals surface area contributed by atoms with Gasteiger partial charge in [0, 0.05) is 34.9 Å². The number of benzene rings is 2. The second-order valence-corrected chi connectivity index (χ2v) is 6.20. The zero-order valence-electron chi connectivity index (χ0n) is 13.7. The van der Waals surface area contributed by atoms with Crippen molar-refractivity contribution in [2.75, 3.05) is 37.7 Å². The van der Waals surface area contributed by atoms with Crippen molar-refractivity contribution in [3.8, 4) is 0 Å². The summed E-state index contributed by atoms with van der Waals surface area (Å²) in [5.41, 5.74) is 2.12. The third kappa shape index (κ3) is 4.59. The van der Waals surface area contributed by atoms with Crippen LogP contribution in [0.2, 0.25) is 5.02 Å². The van der Waals surface area contributed by atoms with Crippen LogP contribution in [0.15, 0.2) is 48.5 Å². The van der Waals surface area contributed by atoms with Gasteiger partial charge in [-0.2, -0.15) is 0 Å². The Bertz CT molecular complexity index is 738. The van der Waals surface area contributed by atoms with E-state index in [1.807, 2.05) is 12.1 Å². The first-order valence-electron chi connectivity index (χ1n) is 8.13. The highest BCUT2D eigenvalue weighted by molar-refractivity contribution is 6.30. The summed E-state index contributed by atoms with van der Waals surface area (Å²) < 4.78 is 5.34. The molecule has 0 aliphatic carbocycles. The number of amides is 1. The van der Waals surface area contributed by atoms with Crippen molar-refractivity contribution in [2.24, 2.45) is 0 Å². The van der Waals surface area contributed by atoms with E-state index in [0.29, 0.717) is 16.1 Å². The van der Waals surface area contributed by atoms with Crippen molar-refractivity contribution in [3.05, 3.63) is 64.7 Å². The lowest BCUT2D eigenvalue weighted by Crippen LogP contribution is -2.36. The van der Waals surface area contributed by atoms with Crippen molar-refractivity contribution >= 4 is 29.0 Å². The molecule has 1 saturated heterocycles. The average molecular weight is 359 g/mol. The molecule has 0 radical (unpaired) electrons. The first-order valence-corrected chi connectivity index (χ1v) is 8.51. The number of hydrogen-bond acceptors (Lipinski definition) is 4. The van der Waals surface area contributed by atoms with Gasteiger partial charge in [-0.3, -0.25) is 9.59 Å². The van der Waals surface area contributed by atoms with Gasteiger partial charge in [-0.25, -0.2) is 0 Å². The Morgan fingerprint density at radius 3 is 2.20 bits per heavy atom. The SMILES string of the molecule is O=C(CNC(=O)c1ccc(Cl)cc1)c1ccc(N2CCOCC2)cc1. The minimum absolute atomic E-state index is 0.0433. The predicted molar refractivity (Wildman–Crippen MR) is 97.6 cm³/mol. The molecule has 0 aromatic heterocycles. The molecule has 0 spiro atoms. The number of halogens is 1. The molecule has 25 heavy (non-hydrogen) atoms.